The zero-order valence-corrected chi connectivity index (χ0v) is 10.3. The average molecular weight is 272 g/mol. The van der Waals surface area contributed by atoms with Crippen LogP contribution in [-0.2, 0) is 6.18 Å². The van der Waals surface area contributed by atoms with Crippen molar-refractivity contribution in [2.24, 2.45) is 0 Å². The van der Waals surface area contributed by atoms with Crippen molar-refractivity contribution in [2.75, 3.05) is 0 Å². The number of para-hydroxylation sites is 1. The normalized spacial score (nSPS) is 11.8. The van der Waals surface area contributed by atoms with Gasteiger partial charge in [0.25, 0.3) is 0 Å². The van der Waals surface area contributed by atoms with Crippen LogP contribution in [0.15, 0.2) is 54.7 Å². The first-order chi connectivity index (χ1) is 9.57. The van der Waals surface area contributed by atoms with E-state index in [1.165, 1.54) is 12.3 Å². The third-order valence-electron chi connectivity index (χ3n) is 3.08. The Hall–Kier alpha value is -2.36. The minimum Gasteiger partial charge on any atom is -0.255 e. The molecule has 3 aromatic rings. The highest BCUT2D eigenvalue weighted by atomic mass is 19.4. The molecule has 0 aliphatic rings. The van der Waals surface area contributed by atoms with Crippen LogP contribution in [0.4, 0.5) is 13.2 Å². The van der Waals surface area contributed by atoms with Crippen molar-refractivity contribution in [3.8, 4) is 11.1 Å². The Kier molecular flexibility index (Phi) is 2.93. The van der Waals surface area contributed by atoms with Crippen molar-refractivity contribution >= 4 is 10.9 Å². The van der Waals surface area contributed by atoms with E-state index in [0.717, 1.165) is 11.6 Å². The van der Waals surface area contributed by atoms with E-state index in [1.807, 2.05) is 30.3 Å². The fourth-order valence-electron chi connectivity index (χ4n) is 2.20. The summed E-state index contributed by atoms with van der Waals surface area (Å²) in [7, 11) is 0. The minimum atomic E-state index is -4.41. The number of halogens is 3. The molecular formula is C16H9F3N. The molecule has 20 heavy (non-hydrogen) atoms. The summed E-state index contributed by atoms with van der Waals surface area (Å²) in [5.41, 5.74) is 0.680. The molecule has 0 N–H and O–H groups in total. The number of alkyl halides is 3. The van der Waals surface area contributed by atoms with Gasteiger partial charge in [0.15, 0.2) is 0 Å². The molecule has 99 valence electrons. The van der Waals surface area contributed by atoms with Crippen LogP contribution in [0, 0.1) is 6.07 Å². The summed E-state index contributed by atoms with van der Waals surface area (Å²) >= 11 is 0. The molecule has 0 saturated carbocycles. The van der Waals surface area contributed by atoms with E-state index in [0.29, 0.717) is 10.9 Å². The Morgan fingerprint density at radius 3 is 2.35 bits per heavy atom. The lowest BCUT2D eigenvalue weighted by Gasteiger charge is -2.11. The summed E-state index contributed by atoms with van der Waals surface area (Å²) in [4.78, 5) is 3.86. The smallest absolute Gasteiger partial charge is 0.255 e. The molecular weight excluding hydrogens is 263 g/mol. The largest absolute Gasteiger partial charge is 0.418 e. The van der Waals surface area contributed by atoms with Gasteiger partial charge in [0.05, 0.1) is 11.1 Å². The Bertz CT molecular complexity index is 749. The number of rotatable bonds is 1. The Morgan fingerprint density at radius 1 is 0.900 bits per heavy atom. The van der Waals surface area contributed by atoms with Gasteiger partial charge in [0, 0.05) is 23.2 Å². The van der Waals surface area contributed by atoms with Crippen molar-refractivity contribution in [3.05, 3.63) is 66.4 Å². The molecule has 0 unspecified atom stereocenters. The number of hydrogen-bond donors (Lipinski definition) is 0. The molecule has 0 atom stereocenters. The number of benzene rings is 2. The average Bonchev–Trinajstić information content (AvgIpc) is 2.46. The molecule has 1 aromatic heterocycles. The van der Waals surface area contributed by atoms with Crippen molar-refractivity contribution in [3.63, 3.8) is 0 Å². The lowest BCUT2D eigenvalue weighted by atomic mass is 9.99. The molecule has 1 heterocycles. The van der Waals surface area contributed by atoms with Gasteiger partial charge < -0.3 is 0 Å². The van der Waals surface area contributed by atoms with E-state index < -0.39 is 11.7 Å². The highest BCUT2D eigenvalue weighted by Crippen LogP contribution is 2.36. The molecule has 0 amide bonds. The van der Waals surface area contributed by atoms with Gasteiger partial charge in [0.2, 0.25) is 0 Å². The van der Waals surface area contributed by atoms with Crippen LogP contribution < -0.4 is 0 Å². The van der Waals surface area contributed by atoms with Crippen molar-refractivity contribution < 1.29 is 13.2 Å². The maximum absolute atomic E-state index is 13.0. The summed E-state index contributed by atoms with van der Waals surface area (Å²) < 4.78 is 39.0. The summed E-state index contributed by atoms with van der Waals surface area (Å²) in [6.45, 7) is 0. The van der Waals surface area contributed by atoms with E-state index in [9.17, 15) is 13.2 Å². The zero-order valence-electron chi connectivity index (χ0n) is 10.3. The quantitative estimate of drug-likeness (QED) is 0.624. The lowest BCUT2D eigenvalue weighted by Crippen LogP contribution is -2.06. The molecule has 0 aliphatic heterocycles. The minimum absolute atomic E-state index is 0.0439. The number of pyridine rings is 1. The summed E-state index contributed by atoms with van der Waals surface area (Å²) in [5.74, 6) is 0. The van der Waals surface area contributed by atoms with Crippen LogP contribution in [0.1, 0.15) is 5.56 Å². The predicted molar refractivity (Wildman–Crippen MR) is 71.0 cm³/mol. The van der Waals surface area contributed by atoms with E-state index in [4.69, 9.17) is 0 Å². The molecule has 1 nitrogen and oxygen atoms in total. The van der Waals surface area contributed by atoms with Crippen LogP contribution in [0.25, 0.3) is 22.0 Å². The molecule has 0 fully saturated rings. The topological polar surface area (TPSA) is 12.9 Å². The first kappa shape index (κ1) is 12.7. The molecule has 0 aliphatic carbocycles. The van der Waals surface area contributed by atoms with Crippen molar-refractivity contribution in [1.82, 2.24) is 4.98 Å². The molecule has 4 heteroatoms. The number of nitrogens with zero attached hydrogens (tertiary/aromatic N) is 1. The summed E-state index contributed by atoms with van der Waals surface area (Å²) in [6, 6.07) is 16.2. The van der Waals surface area contributed by atoms with E-state index in [2.05, 4.69) is 11.1 Å². The molecule has 3 rings (SSSR count). The standard InChI is InChI=1S/C16H9F3N/c17-16(18,19)14-8-4-7-13-12(9-10-20-15(13)14)11-5-2-1-3-6-11/h1-8,10H. The summed E-state index contributed by atoms with van der Waals surface area (Å²) in [5, 5.41) is 0.452. The third-order valence-corrected chi connectivity index (χ3v) is 3.08. The fourth-order valence-corrected chi connectivity index (χ4v) is 2.20. The predicted octanol–water partition coefficient (Wildman–Crippen LogP) is 4.72. The third kappa shape index (κ3) is 2.13. The van der Waals surface area contributed by atoms with Crippen molar-refractivity contribution in [1.29, 1.82) is 0 Å². The monoisotopic (exact) mass is 272 g/mol. The Morgan fingerprint density at radius 2 is 1.65 bits per heavy atom. The Balaban J connectivity index is 2.32. The van der Waals surface area contributed by atoms with Gasteiger partial charge in [-0.25, -0.2) is 0 Å². The van der Waals surface area contributed by atoms with Crippen LogP contribution in [0.3, 0.4) is 0 Å². The number of aromatic nitrogens is 1. The maximum atomic E-state index is 13.0. The van der Waals surface area contributed by atoms with Crippen LogP contribution >= 0.6 is 0 Å². The fraction of sp³-hybridized carbons (Fsp3) is 0.0625. The van der Waals surface area contributed by atoms with Gasteiger partial charge in [-0.2, -0.15) is 13.2 Å². The molecule has 0 bridgehead atoms. The first-order valence-electron chi connectivity index (χ1n) is 5.99. The second kappa shape index (κ2) is 4.63. The van der Waals surface area contributed by atoms with Crippen molar-refractivity contribution in [2.45, 2.75) is 6.18 Å². The second-order valence-electron chi connectivity index (χ2n) is 4.34. The highest BCUT2D eigenvalue weighted by Gasteiger charge is 2.33. The zero-order chi connectivity index (χ0) is 14.2. The SMILES string of the molecule is FC(F)(F)c1cccc2c(-c3ccccc3)[c]cnc12. The molecule has 2 aromatic carbocycles. The van der Waals surface area contributed by atoms with E-state index in [-0.39, 0.29) is 5.52 Å². The van der Waals surface area contributed by atoms with Gasteiger partial charge >= 0.3 is 6.18 Å². The highest BCUT2D eigenvalue weighted by molar-refractivity contribution is 5.95. The van der Waals surface area contributed by atoms with Gasteiger partial charge in [-0.15, -0.1) is 0 Å². The van der Waals surface area contributed by atoms with Gasteiger partial charge in [-0.3, -0.25) is 4.98 Å². The van der Waals surface area contributed by atoms with Gasteiger partial charge in [-0.05, 0) is 11.6 Å². The van der Waals surface area contributed by atoms with E-state index in [1.54, 1.807) is 6.07 Å². The summed E-state index contributed by atoms with van der Waals surface area (Å²) in [6.07, 6.45) is -3.12. The number of hydrogen-bond acceptors (Lipinski definition) is 1. The Labute approximate surface area is 113 Å². The first-order valence-corrected chi connectivity index (χ1v) is 5.99. The van der Waals surface area contributed by atoms with Crippen LogP contribution in [0.5, 0.6) is 0 Å². The second-order valence-corrected chi connectivity index (χ2v) is 4.34. The van der Waals surface area contributed by atoms with Gasteiger partial charge in [0.1, 0.15) is 0 Å². The van der Waals surface area contributed by atoms with Crippen LogP contribution in [-0.4, -0.2) is 4.98 Å². The molecule has 0 spiro atoms. The van der Waals surface area contributed by atoms with Gasteiger partial charge in [-0.1, -0.05) is 42.5 Å². The van der Waals surface area contributed by atoms with Crippen LogP contribution in [0.2, 0.25) is 0 Å². The number of fused-ring (bicyclic) bond motifs is 1. The van der Waals surface area contributed by atoms with E-state index >= 15 is 0 Å². The maximum Gasteiger partial charge on any atom is 0.418 e. The lowest BCUT2D eigenvalue weighted by molar-refractivity contribution is -0.136. The molecule has 1 radical (unpaired) electrons. The molecule has 0 saturated heterocycles.